The minimum Gasteiger partial charge on any atom is -0.295 e. The van der Waals surface area contributed by atoms with Crippen LogP contribution < -0.4 is 0 Å². The molecular formula is C52H41Cl5O12S5. The lowest BCUT2D eigenvalue weighted by molar-refractivity contribution is 0.100. The van der Waals surface area contributed by atoms with E-state index < -0.39 is 45.3 Å². The lowest BCUT2D eigenvalue weighted by Gasteiger charge is -2.06. The Balaban J connectivity index is 0.000000201. The van der Waals surface area contributed by atoms with Gasteiger partial charge in [0.2, 0.25) is 0 Å². The lowest BCUT2D eigenvalue weighted by Crippen LogP contribution is -2.01. The summed E-state index contributed by atoms with van der Waals surface area (Å²) < 4.78 is 111. The van der Waals surface area contributed by atoms with Gasteiger partial charge in [0.15, 0.2) is 11.6 Å². The van der Waals surface area contributed by atoms with Gasteiger partial charge in [-0.05, 0) is 90.2 Å². The number of halogens is 5. The average Bonchev–Trinajstić information content (AvgIpc) is 3.37. The second kappa shape index (κ2) is 27.2. The van der Waals surface area contributed by atoms with Gasteiger partial charge in [0.05, 0.1) is 24.5 Å². The molecule has 0 saturated carbocycles. The SMILES string of the molecule is CC(=O)c1cccc(S(=O)(=O)Cl)c1.CC(=O)c1ccccc1S(=O)(=O)Cl.O=S(=O)(Cl)c1ccc(-c2ccccc2)cc1.O=S(=O)(Cl)c1cccc(-c2ccccc2)c1.O=S(=O)(Cl)c1ccccc1-c1ccccc1. The van der Waals surface area contributed by atoms with Gasteiger partial charge < -0.3 is 0 Å². The lowest BCUT2D eigenvalue weighted by atomic mass is 10.1. The van der Waals surface area contributed by atoms with Crippen molar-refractivity contribution in [3.63, 3.8) is 0 Å². The van der Waals surface area contributed by atoms with E-state index in [9.17, 15) is 51.7 Å². The molecule has 0 aliphatic heterocycles. The van der Waals surface area contributed by atoms with Crippen molar-refractivity contribution in [3.05, 3.63) is 223 Å². The number of hydrogen-bond donors (Lipinski definition) is 0. The van der Waals surface area contributed by atoms with E-state index in [2.05, 4.69) is 0 Å². The van der Waals surface area contributed by atoms with Gasteiger partial charge in [0.1, 0.15) is 0 Å². The van der Waals surface area contributed by atoms with E-state index in [4.69, 9.17) is 53.4 Å². The zero-order valence-corrected chi connectivity index (χ0v) is 46.4. The largest absolute Gasteiger partial charge is 0.295 e. The third-order valence-electron chi connectivity index (χ3n) is 9.75. The van der Waals surface area contributed by atoms with Crippen molar-refractivity contribution in [2.75, 3.05) is 0 Å². The Kier molecular flexibility index (Phi) is 22.4. The van der Waals surface area contributed by atoms with Gasteiger partial charge in [-0.3, -0.25) is 9.59 Å². The van der Waals surface area contributed by atoms with Crippen molar-refractivity contribution < 1.29 is 51.7 Å². The quantitative estimate of drug-likeness (QED) is 0.0926. The summed E-state index contributed by atoms with van der Waals surface area (Å²) in [6.07, 6.45) is 0. The van der Waals surface area contributed by atoms with Crippen LogP contribution in [0.15, 0.2) is 237 Å². The Morgan fingerprint density at radius 1 is 0.297 bits per heavy atom. The molecule has 0 aromatic heterocycles. The monoisotopic (exact) mass is 1190 g/mol. The second-order valence-electron chi connectivity index (χ2n) is 15.0. The Labute approximate surface area is 453 Å². The number of Topliss-reactive ketones (excluding diaryl/α,β-unsaturated/α-hetero) is 2. The van der Waals surface area contributed by atoms with Crippen LogP contribution in [0.3, 0.4) is 0 Å². The third kappa shape index (κ3) is 19.5. The number of carbonyl (C=O) groups excluding carboxylic acids is 2. The second-order valence-corrected chi connectivity index (χ2v) is 27.7. The van der Waals surface area contributed by atoms with Gasteiger partial charge >= 0.3 is 0 Å². The number of ketones is 2. The van der Waals surface area contributed by atoms with E-state index in [1.165, 1.54) is 80.6 Å². The molecule has 0 spiro atoms. The fourth-order valence-electron chi connectivity index (χ4n) is 6.27. The van der Waals surface area contributed by atoms with E-state index in [1.54, 1.807) is 48.5 Å². The van der Waals surface area contributed by atoms with Crippen molar-refractivity contribution in [2.24, 2.45) is 0 Å². The highest BCUT2D eigenvalue weighted by molar-refractivity contribution is 8.15. The average molecular weight is 1200 g/mol. The fourth-order valence-corrected chi connectivity index (χ4v) is 10.8. The molecular weight excluding hydrogens is 1150 g/mol. The molecule has 0 N–H and O–H groups in total. The molecule has 0 amide bonds. The molecule has 0 saturated heterocycles. The summed E-state index contributed by atoms with van der Waals surface area (Å²) in [6, 6.07) is 59.7. The molecule has 0 bridgehead atoms. The van der Waals surface area contributed by atoms with Crippen LogP contribution in [-0.2, 0) is 45.3 Å². The summed E-state index contributed by atoms with van der Waals surface area (Å²) in [5.41, 5.74) is 5.72. The highest BCUT2D eigenvalue weighted by Crippen LogP contribution is 2.30. The maximum absolute atomic E-state index is 11.4. The Morgan fingerprint density at radius 3 is 1.09 bits per heavy atom. The van der Waals surface area contributed by atoms with E-state index in [0.29, 0.717) is 11.1 Å². The predicted octanol–water partition coefficient (Wildman–Crippen LogP) is 13.5. The molecule has 0 aliphatic rings. The van der Waals surface area contributed by atoms with Crippen molar-refractivity contribution in [1.82, 2.24) is 0 Å². The molecule has 12 nitrogen and oxygen atoms in total. The first-order valence-electron chi connectivity index (χ1n) is 21.0. The van der Waals surface area contributed by atoms with Crippen molar-refractivity contribution in [3.8, 4) is 33.4 Å². The van der Waals surface area contributed by atoms with E-state index >= 15 is 0 Å². The molecule has 0 atom stereocenters. The summed E-state index contributed by atoms with van der Waals surface area (Å²) in [4.78, 5) is 22.1. The molecule has 0 heterocycles. The number of benzene rings is 8. The number of carbonyl (C=O) groups is 2. The Hall–Kier alpha value is -5.70. The van der Waals surface area contributed by atoms with E-state index in [1.807, 2.05) is 97.1 Å². The first kappa shape index (κ1) is 60.9. The minimum absolute atomic E-state index is 0.0538. The maximum Gasteiger partial charge on any atom is 0.262 e. The topological polar surface area (TPSA) is 205 Å². The van der Waals surface area contributed by atoms with Crippen LogP contribution in [0.2, 0.25) is 0 Å². The molecule has 8 aromatic rings. The van der Waals surface area contributed by atoms with Gasteiger partial charge in [-0.2, -0.15) is 0 Å². The Morgan fingerprint density at radius 2 is 0.662 bits per heavy atom. The molecule has 22 heteroatoms. The first-order chi connectivity index (χ1) is 34.6. The molecule has 386 valence electrons. The molecule has 0 fully saturated rings. The summed E-state index contributed by atoms with van der Waals surface area (Å²) in [7, 11) is 7.56. The van der Waals surface area contributed by atoms with Gasteiger partial charge in [0.25, 0.3) is 45.3 Å². The van der Waals surface area contributed by atoms with Crippen LogP contribution in [0, 0.1) is 0 Å². The van der Waals surface area contributed by atoms with Gasteiger partial charge in [-0.25, -0.2) is 42.1 Å². The van der Waals surface area contributed by atoms with Crippen molar-refractivity contribution in [1.29, 1.82) is 0 Å². The molecule has 74 heavy (non-hydrogen) atoms. The molecule has 0 unspecified atom stereocenters. The zero-order valence-electron chi connectivity index (χ0n) is 38.5. The number of hydrogen-bond acceptors (Lipinski definition) is 12. The first-order valence-corrected chi connectivity index (χ1v) is 32.5. The highest BCUT2D eigenvalue weighted by atomic mass is 35.7. The van der Waals surface area contributed by atoms with Crippen LogP contribution in [-0.4, -0.2) is 53.7 Å². The summed E-state index contributed by atoms with van der Waals surface area (Å²) in [5.74, 6) is -0.512. The van der Waals surface area contributed by atoms with Gasteiger partial charge in [0, 0.05) is 70.1 Å². The maximum atomic E-state index is 11.4. The van der Waals surface area contributed by atoms with Crippen molar-refractivity contribution in [2.45, 2.75) is 38.3 Å². The van der Waals surface area contributed by atoms with Crippen LogP contribution in [0.4, 0.5) is 0 Å². The summed E-state index contributed by atoms with van der Waals surface area (Å²) in [6.45, 7) is 2.65. The van der Waals surface area contributed by atoms with E-state index in [0.717, 1.165) is 27.8 Å². The fraction of sp³-hybridized carbons (Fsp3) is 0.0385. The molecule has 8 aromatic carbocycles. The zero-order chi connectivity index (χ0) is 54.9. The summed E-state index contributed by atoms with van der Waals surface area (Å²) >= 11 is 0. The van der Waals surface area contributed by atoms with Crippen molar-refractivity contribution >= 4 is 110 Å². The van der Waals surface area contributed by atoms with Crippen LogP contribution in [0.1, 0.15) is 34.6 Å². The van der Waals surface area contributed by atoms with Gasteiger partial charge in [-0.1, -0.05) is 164 Å². The van der Waals surface area contributed by atoms with Crippen LogP contribution in [0.25, 0.3) is 33.4 Å². The molecule has 0 aliphatic carbocycles. The third-order valence-corrected chi connectivity index (χ3v) is 16.6. The van der Waals surface area contributed by atoms with Crippen LogP contribution in [0.5, 0.6) is 0 Å². The molecule has 8 rings (SSSR count). The van der Waals surface area contributed by atoms with E-state index in [-0.39, 0.29) is 41.6 Å². The Bertz CT molecular complexity index is 3800. The normalized spacial score (nSPS) is 11.3. The molecule has 0 radical (unpaired) electrons. The predicted molar refractivity (Wildman–Crippen MR) is 294 cm³/mol. The standard InChI is InChI=1S/3C12H9ClO2S.2C8H7ClO3S/c13-16(14,15)12-9-5-4-8-11(12)10-6-2-1-3-7-10;13-16(14,15)12-8-4-7-11(9-12)10-5-2-1-3-6-10;13-16(14,15)12-8-6-11(7-9-12)10-4-2-1-3-5-10;1-6(10)7-3-2-4-8(5-7)13(9,11)12;1-6(10)7-4-2-3-5-8(7)13(9,11)12/h3*1-9H;2*2-5H,1H3. The minimum atomic E-state index is -3.83. The smallest absolute Gasteiger partial charge is 0.262 e. The highest BCUT2D eigenvalue weighted by Gasteiger charge is 2.18. The summed E-state index contributed by atoms with van der Waals surface area (Å²) in [5, 5.41) is 0. The van der Waals surface area contributed by atoms with Gasteiger partial charge in [-0.15, -0.1) is 0 Å². The van der Waals surface area contributed by atoms with Crippen LogP contribution >= 0.6 is 53.4 Å². The number of rotatable bonds is 10.